The van der Waals surface area contributed by atoms with Crippen LogP contribution in [0.2, 0.25) is 0 Å². The van der Waals surface area contributed by atoms with Crippen molar-refractivity contribution in [3.63, 3.8) is 0 Å². The predicted molar refractivity (Wildman–Crippen MR) is 122 cm³/mol. The Morgan fingerprint density at radius 1 is 1.00 bits per heavy atom. The number of carbonyl (C=O) groups is 1. The summed E-state index contributed by atoms with van der Waals surface area (Å²) >= 11 is 0. The van der Waals surface area contributed by atoms with Crippen molar-refractivity contribution in [2.45, 2.75) is 52.6 Å². The van der Waals surface area contributed by atoms with Gasteiger partial charge >= 0.3 is 0 Å². The molecule has 3 aromatic rings. The lowest BCUT2D eigenvalue weighted by atomic mass is 10.1. The van der Waals surface area contributed by atoms with E-state index in [0.717, 1.165) is 23.5 Å². The van der Waals surface area contributed by atoms with Gasteiger partial charge in [-0.2, -0.15) is 5.10 Å². The van der Waals surface area contributed by atoms with Crippen molar-refractivity contribution in [2.24, 2.45) is 0 Å². The molecular weight excluding hydrogens is 386 g/mol. The van der Waals surface area contributed by atoms with Gasteiger partial charge in [0.1, 0.15) is 0 Å². The Kier molecular flexibility index (Phi) is 6.77. The van der Waals surface area contributed by atoms with Gasteiger partial charge in [0.25, 0.3) is 5.91 Å². The molecule has 1 amide bonds. The van der Waals surface area contributed by atoms with Gasteiger partial charge in [-0.25, -0.2) is 9.67 Å². The molecule has 0 radical (unpaired) electrons. The van der Waals surface area contributed by atoms with Crippen molar-refractivity contribution in [2.75, 3.05) is 13.1 Å². The van der Waals surface area contributed by atoms with Crippen molar-refractivity contribution in [3.8, 4) is 5.82 Å². The van der Waals surface area contributed by atoms with Gasteiger partial charge < -0.3 is 5.32 Å². The lowest BCUT2D eigenvalue weighted by molar-refractivity contribution is 0.0950. The van der Waals surface area contributed by atoms with Crippen molar-refractivity contribution < 1.29 is 4.79 Å². The number of hydrogen-bond donors (Lipinski definition) is 1. The number of rotatable bonds is 6. The Bertz CT molecular complexity index is 1020. The van der Waals surface area contributed by atoms with E-state index in [0.29, 0.717) is 17.9 Å². The van der Waals surface area contributed by atoms with E-state index >= 15 is 0 Å². The fourth-order valence-electron chi connectivity index (χ4n) is 4.18. The molecule has 1 fully saturated rings. The standard InChI is InChI=1S/C25H31N5O/c1-19-14-20(2)30(28-19)24-11-10-23(17-26-24)25(31)27-16-21-8-7-9-22(15-21)18-29-12-5-3-4-6-13-29/h7-11,14-15,17H,3-6,12-13,16,18H2,1-2H3,(H,27,31). The molecule has 4 rings (SSSR count). The molecule has 1 aromatic carbocycles. The van der Waals surface area contributed by atoms with Crippen LogP contribution in [-0.2, 0) is 13.1 Å². The number of amides is 1. The molecule has 0 unspecified atom stereocenters. The molecule has 0 atom stereocenters. The van der Waals surface area contributed by atoms with E-state index in [4.69, 9.17) is 0 Å². The molecule has 162 valence electrons. The lowest BCUT2D eigenvalue weighted by Gasteiger charge is -2.20. The molecule has 1 aliphatic rings. The van der Waals surface area contributed by atoms with Crippen LogP contribution in [0.25, 0.3) is 5.82 Å². The summed E-state index contributed by atoms with van der Waals surface area (Å²) in [5.41, 5.74) is 4.94. The highest BCUT2D eigenvalue weighted by Crippen LogP contribution is 2.15. The summed E-state index contributed by atoms with van der Waals surface area (Å²) in [5.74, 6) is 0.591. The topological polar surface area (TPSA) is 63.1 Å². The van der Waals surface area contributed by atoms with Gasteiger partial charge in [0.05, 0.1) is 11.3 Å². The Hall–Kier alpha value is -2.99. The summed E-state index contributed by atoms with van der Waals surface area (Å²) in [6.07, 6.45) is 6.89. The molecule has 1 saturated heterocycles. The van der Waals surface area contributed by atoms with Crippen LogP contribution in [0.1, 0.15) is 58.6 Å². The Balaban J connectivity index is 1.34. The van der Waals surface area contributed by atoms with Crippen LogP contribution in [0.5, 0.6) is 0 Å². The van der Waals surface area contributed by atoms with E-state index in [1.165, 1.54) is 44.3 Å². The van der Waals surface area contributed by atoms with E-state index in [2.05, 4.69) is 44.6 Å². The van der Waals surface area contributed by atoms with Gasteiger partial charge in [-0.1, -0.05) is 37.1 Å². The summed E-state index contributed by atoms with van der Waals surface area (Å²) in [6.45, 7) is 7.80. The average molecular weight is 418 g/mol. The fraction of sp³-hybridized carbons (Fsp3) is 0.400. The van der Waals surface area contributed by atoms with Gasteiger partial charge in [0, 0.05) is 25.0 Å². The Labute approximate surface area is 184 Å². The lowest BCUT2D eigenvalue weighted by Crippen LogP contribution is -2.25. The molecule has 31 heavy (non-hydrogen) atoms. The molecule has 0 saturated carbocycles. The van der Waals surface area contributed by atoms with Crippen LogP contribution < -0.4 is 5.32 Å². The first kappa shape index (κ1) is 21.2. The van der Waals surface area contributed by atoms with Gasteiger partial charge in [-0.3, -0.25) is 9.69 Å². The van der Waals surface area contributed by atoms with Gasteiger partial charge in [-0.15, -0.1) is 0 Å². The minimum absolute atomic E-state index is 0.120. The molecule has 1 N–H and O–H groups in total. The zero-order valence-electron chi connectivity index (χ0n) is 18.5. The van der Waals surface area contributed by atoms with Crippen LogP contribution in [0.15, 0.2) is 48.7 Å². The maximum absolute atomic E-state index is 12.6. The molecule has 0 bridgehead atoms. The highest BCUT2D eigenvalue weighted by Gasteiger charge is 2.11. The second kappa shape index (κ2) is 9.88. The first-order valence-electron chi connectivity index (χ1n) is 11.2. The minimum Gasteiger partial charge on any atom is -0.348 e. The Morgan fingerprint density at radius 3 is 2.45 bits per heavy atom. The third-order valence-electron chi connectivity index (χ3n) is 5.79. The Morgan fingerprint density at radius 2 is 1.77 bits per heavy atom. The first-order chi connectivity index (χ1) is 15.1. The van der Waals surface area contributed by atoms with Crippen LogP contribution >= 0.6 is 0 Å². The van der Waals surface area contributed by atoms with Gasteiger partial charge in [0.15, 0.2) is 5.82 Å². The molecule has 1 aliphatic heterocycles. The van der Waals surface area contributed by atoms with Gasteiger partial charge in [0.2, 0.25) is 0 Å². The summed E-state index contributed by atoms with van der Waals surface area (Å²) in [6, 6.07) is 14.2. The normalized spacial score (nSPS) is 14.9. The molecular formula is C25H31N5O. The van der Waals surface area contributed by atoms with Crippen molar-refractivity contribution in [1.29, 1.82) is 0 Å². The molecule has 6 heteroatoms. The van der Waals surface area contributed by atoms with Gasteiger partial charge in [-0.05, 0) is 69.1 Å². The number of likely N-dealkylation sites (tertiary alicyclic amines) is 1. The third kappa shape index (κ3) is 5.58. The number of carbonyl (C=O) groups excluding carboxylic acids is 1. The maximum atomic E-state index is 12.6. The van der Waals surface area contributed by atoms with Crippen molar-refractivity contribution in [1.82, 2.24) is 25.0 Å². The largest absolute Gasteiger partial charge is 0.348 e. The number of pyridine rings is 1. The SMILES string of the molecule is Cc1cc(C)n(-c2ccc(C(=O)NCc3cccc(CN4CCCCCC4)c3)cn2)n1. The van der Waals surface area contributed by atoms with E-state index in [1.54, 1.807) is 16.9 Å². The molecule has 3 heterocycles. The van der Waals surface area contributed by atoms with E-state index in [-0.39, 0.29) is 5.91 Å². The minimum atomic E-state index is -0.120. The third-order valence-corrected chi connectivity index (χ3v) is 5.79. The highest BCUT2D eigenvalue weighted by molar-refractivity contribution is 5.93. The number of hydrogen-bond acceptors (Lipinski definition) is 4. The summed E-state index contributed by atoms with van der Waals surface area (Å²) in [7, 11) is 0. The number of nitrogens with zero attached hydrogens (tertiary/aromatic N) is 4. The second-order valence-corrected chi connectivity index (χ2v) is 8.44. The number of nitrogens with one attached hydrogen (secondary N) is 1. The zero-order valence-corrected chi connectivity index (χ0v) is 18.5. The monoisotopic (exact) mass is 417 g/mol. The number of benzene rings is 1. The van der Waals surface area contributed by atoms with E-state index in [9.17, 15) is 4.79 Å². The number of aryl methyl sites for hydroxylation is 2. The van der Waals surface area contributed by atoms with Crippen molar-refractivity contribution >= 4 is 5.91 Å². The predicted octanol–water partition coefficient (Wildman–Crippen LogP) is 4.19. The highest BCUT2D eigenvalue weighted by atomic mass is 16.1. The summed E-state index contributed by atoms with van der Waals surface area (Å²) < 4.78 is 1.78. The van der Waals surface area contributed by atoms with Crippen LogP contribution in [0.4, 0.5) is 0 Å². The number of aromatic nitrogens is 3. The summed E-state index contributed by atoms with van der Waals surface area (Å²) in [5, 5.41) is 7.45. The molecule has 6 nitrogen and oxygen atoms in total. The van der Waals surface area contributed by atoms with Crippen LogP contribution in [-0.4, -0.2) is 38.7 Å². The van der Waals surface area contributed by atoms with Crippen LogP contribution in [0.3, 0.4) is 0 Å². The maximum Gasteiger partial charge on any atom is 0.253 e. The first-order valence-corrected chi connectivity index (χ1v) is 11.2. The van der Waals surface area contributed by atoms with Crippen molar-refractivity contribution in [3.05, 3.63) is 76.7 Å². The summed E-state index contributed by atoms with van der Waals surface area (Å²) in [4.78, 5) is 19.6. The van der Waals surface area contributed by atoms with E-state index in [1.807, 2.05) is 26.0 Å². The quantitative estimate of drug-likeness (QED) is 0.653. The smallest absolute Gasteiger partial charge is 0.253 e. The zero-order chi connectivity index (χ0) is 21.6. The molecule has 0 spiro atoms. The molecule has 2 aromatic heterocycles. The van der Waals surface area contributed by atoms with E-state index < -0.39 is 0 Å². The molecule has 0 aliphatic carbocycles. The van der Waals surface area contributed by atoms with Crippen LogP contribution in [0, 0.1) is 13.8 Å². The fourth-order valence-corrected chi connectivity index (χ4v) is 4.18. The second-order valence-electron chi connectivity index (χ2n) is 8.44. The average Bonchev–Trinajstić information content (AvgIpc) is 2.95.